The zero-order chi connectivity index (χ0) is 33.1. The molecule has 0 aromatic heterocycles. The Morgan fingerprint density at radius 2 is 1.00 bits per heavy atom. The second kappa shape index (κ2) is 11.5. The van der Waals surface area contributed by atoms with Crippen LogP contribution < -0.4 is 9.64 Å². The summed E-state index contributed by atoms with van der Waals surface area (Å²) in [7, 11) is 0. The molecule has 0 saturated heterocycles. The normalized spacial score (nSPS) is 13.4. The van der Waals surface area contributed by atoms with Gasteiger partial charge in [0.2, 0.25) is 0 Å². The van der Waals surface area contributed by atoms with Gasteiger partial charge >= 0.3 is 0 Å². The van der Waals surface area contributed by atoms with E-state index in [1.165, 1.54) is 42.8 Å². The predicted molar refractivity (Wildman–Crippen MR) is 207 cm³/mol. The molecule has 8 aromatic carbocycles. The van der Waals surface area contributed by atoms with Crippen molar-refractivity contribution in [3.05, 3.63) is 210 Å². The highest BCUT2D eigenvalue weighted by Crippen LogP contribution is 2.62. The van der Waals surface area contributed by atoms with Gasteiger partial charge in [-0.1, -0.05) is 145 Å². The van der Waals surface area contributed by atoms with Crippen LogP contribution in [0.2, 0.25) is 0 Å². The molecule has 236 valence electrons. The minimum Gasteiger partial charge on any atom is -0.457 e. The Morgan fingerprint density at radius 1 is 0.420 bits per heavy atom. The highest BCUT2D eigenvalue weighted by atomic mass is 32.2. The minimum absolute atomic E-state index is 0.569. The van der Waals surface area contributed by atoms with Crippen molar-refractivity contribution in [2.24, 2.45) is 0 Å². The average molecular weight is 658 g/mol. The Morgan fingerprint density at radius 3 is 1.78 bits per heavy atom. The van der Waals surface area contributed by atoms with E-state index in [4.69, 9.17) is 4.74 Å². The van der Waals surface area contributed by atoms with Gasteiger partial charge in [-0.25, -0.2) is 0 Å². The van der Waals surface area contributed by atoms with Crippen LogP contribution in [0.1, 0.15) is 22.3 Å². The predicted octanol–water partition coefficient (Wildman–Crippen LogP) is 12.9. The van der Waals surface area contributed by atoms with Crippen molar-refractivity contribution in [3.63, 3.8) is 0 Å². The van der Waals surface area contributed by atoms with Crippen molar-refractivity contribution in [1.29, 1.82) is 0 Å². The van der Waals surface area contributed by atoms with E-state index in [9.17, 15) is 0 Å². The third kappa shape index (κ3) is 4.37. The van der Waals surface area contributed by atoms with Crippen molar-refractivity contribution in [2.45, 2.75) is 15.2 Å². The summed E-state index contributed by atoms with van der Waals surface area (Å²) in [4.78, 5) is 4.94. The molecular formula is C47H31NOS. The number of para-hydroxylation sites is 2. The molecule has 2 heterocycles. The Hall–Kier alpha value is -6.03. The number of nitrogens with zero attached hydrogens (tertiary/aromatic N) is 1. The summed E-state index contributed by atoms with van der Waals surface area (Å²) in [5.41, 5.74) is 10.0. The molecule has 1 spiro atoms. The van der Waals surface area contributed by atoms with Gasteiger partial charge in [0.1, 0.15) is 11.5 Å². The third-order valence-electron chi connectivity index (χ3n) is 10.2. The van der Waals surface area contributed by atoms with Crippen molar-refractivity contribution in [2.75, 3.05) is 4.90 Å². The fraction of sp³-hybridized carbons (Fsp3) is 0.0213. The van der Waals surface area contributed by atoms with Crippen molar-refractivity contribution in [3.8, 4) is 22.6 Å². The molecule has 0 saturated carbocycles. The zero-order valence-electron chi connectivity index (χ0n) is 27.2. The van der Waals surface area contributed by atoms with Crippen LogP contribution in [-0.4, -0.2) is 0 Å². The van der Waals surface area contributed by atoms with Crippen LogP contribution in [0.25, 0.3) is 21.9 Å². The highest BCUT2D eigenvalue weighted by Gasteiger charge is 2.49. The van der Waals surface area contributed by atoms with Crippen LogP contribution in [0.15, 0.2) is 198 Å². The number of anilines is 3. The second-order valence-corrected chi connectivity index (χ2v) is 14.0. The van der Waals surface area contributed by atoms with E-state index in [2.05, 4.69) is 193 Å². The van der Waals surface area contributed by atoms with E-state index in [-0.39, 0.29) is 0 Å². The van der Waals surface area contributed by atoms with E-state index >= 15 is 0 Å². The van der Waals surface area contributed by atoms with Gasteiger partial charge in [0.25, 0.3) is 0 Å². The van der Waals surface area contributed by atoms with Crippen LogP contribution in [-0.2, 0) is 5.41 Å². The Labute approximate surface area is 296 Å². The van der Waals surface area contributed by atoms with Gasteiger partial charge in [0.05, 0.1) is 11.1 Å². The van der Waals surface area contributed by atoms with Gasteiger partial charge in [-0.15, -0.1) is 0 Å². The molecule has 10 rings (SSSR count). The fourth-order valence-electron chi connectivity index (χ4n) is 8.01. The first-order valence-electron chi connectivity index (χ1n) is 17.0. The highest BCUT2D eigenvalue weighted by molar-refractivity contribution is 7.99. The molecular weight excluding hydrogens is 627 g/mol. The lowest BCUT2D eigenvalue weighted by atomic mass is 9.63. The summed E-state index contributed by atoms with van der Waals surface area (Å²) < 4.78 is 6.63. The fourth-order valence-corrected chi connectivity index (χ4v) is 9.18. The van der Waals surface area contributed by atoms with Gasteiger partial charge in [-0.05, 0) is 82.2 Å². The van der Waals surface area contributed by atoms with Gasteiger partial charge in [0.15, 0.2) is 0 Å². The van der Waals surface area contributed by atoms with Crippen LogP contribution >= 0.6 is 11.8 Å². The van der Waals surface area contributed by atoms with Gasteiger partial charge in [0, 0.05) is 37.7 Å². The Balaban J connectivity index is 1.25. The maximum atomic E-state index is 6.63. The monoisotopic (exact) mass is 657 g/mol. The summed E-state index contributed by atoms with van der Waals surface area (Å²) in [5.74, 6) is 1.79. The molecule has 0 N–H and O–H groups in total. The van der Waals surface area contributed by atoms with Crippen molar-refractivity contribution >= 4 is 39.6 Å². The smallest absolute Gasteiger partial charge is 0.132 e. The van der Waals surface area contributed by atoms with E-state index in [0.717, 1.165) is 39.7 Å². The van der Waals surface area contributed by atoms with Crippen molar-refractivity contribution < 1.29 is 4.74 Å². The minimum atomic E-state index is -0.569. The van der Waals surface area contributed by atoms with E-state index < -0.39 is 5.41 Å². The largest absolute Gasteiger partial charge is 0.457 e. The maximum Gasteiger partial charge on any atom is 0.132 e. The second-order valence-electron chi connectivity index (χ2n) is 12.9. The molecule has 0 bridgehead atoms. The molecule has 2 aliphatic rings. The van der Waals surface area contributed by atoms with Crippen molar-refractivity contribution in [1.82, 2.24) is 0 Å². The van der Waals surface area contributed by atoms with Crippen LogP contribution in [0, 0.1) is 0 Å². The van der Waals surface area contributed by atoms with Crippen LogP contribution in [0.4, 0.5) is 17.1 Å². The van der Waals surface area contributed by atoms with Crippen LogP contribution in [0.3, 0.4) is 0 Å². The summed E-state index contributed by atoms with van der Waals surface area (Å²) in [5, 5.41) is 2.41. The number of hydrogen-bond acceptors (Lipinski definition) is 3. The van der Waals surface area contributed by atoms with Gasteiger partial charge in [-0.2, -0.15) is 0 Å². The van der Waals surface area contributed by atoms with E-state index in [1.54, 1.807) is 0 Å². The third-order valence-corrected chi connectivity index (χ3v) is 11.3. The lowest BCUT2D eigenvalue weighted by molar-refractivity contribution is 0.431. The standard InChI is InChI=1S/C47H31NOS/c1-2-13-32(14-3-1)33-25-27-35(28-26-33)48(42-21-12-16-34-15-4-5-17-37(34)42)36-29-30-46-41(31-36)47(40-20-8-11-24-45(40)50-46)38-18-6-9-22-43(38)49-44-23-10-7-19-39(44)47/h1-31H. The molecule has 2 aliphatic heterocycles. The number of fused-ring (bicyclic) bond motifs is 9. The number of ether oxygens (including phenoxy) is 1. The van der Waals surface area contributed by atoms with Gasteiger partial charge in [-0.3, -0.25) is 0 Å². The molecule has 3 heteroatoms. The SMILES string of the molecule is c1ccc(-c2ccc(N(c3ccc4c(c3)C3(c5ccccc5Oc5ccccc53)c3ccccc3S4)c3cccc4ccccc34)cc2)cc1. The van der Waals surface area contributed by atoms with Crippen LogP contribution in [0.5, 0.6) is 11.5 Å². The maximum absolute atomic E-state index is 6.63. The summed E-state index contributed by atoms with van der Waals surface area (Å²) >= 11 is 1.85. The first-order chi connectivity index (χ1) is 24.8. The summed E-state index contributed by atoms with van der Waals surface area (Å²) in [6.07, 6.45) is 0. The number of benzene rings is 8. The molecule has 0 fully saturated rings. The van der Waals surface area contributed by atoms with E-state index in [1.807, 2.05) is 11.8 Å². The average Bonchev–Trinajstić information content (AvgIpc) is 3.19. The van der Waals surface area contributed by atoms with Gasteiger partial charge < -0.3 is 9.64 Å². The molecule has 0 aliphatic carbocycles. The number of hydrogen-bond donors (Lipinski definition) is 0. The first kappa shape index (κ1) is 28.9. The molecule has 0 unspecified atom stereocenters. The zero-order valence-corrected chi connectivity index (χ0v) is 28.0. The molecule has 0 radical (unpaired) electrons. The molecule has 8 aromatic rings. The first-order valence-corrected chi connectivity index (χ1v) is 17.8. The number of rotatable bonds is 4. The molecule has 2 nitrogen and oxygen atoms in total. The quantitative estimate of drug-likeness (QED) is 0.187. The topological polar surface area (TPSA) is 12.5 Å². The lowest BCUT2D eigenvalue weighted by Gasteiger charge is -2.45. The Kier molecular flexibility index (Phi) is 6.68. The molecule has 50 heavy (non-hydrogen) atoms. The molecule has 0 atom stereocenters. The Bertz CT molecular complexity index is 2450. The van der Waals surface area contributed by atoms with E-state index in [0.29, 0.717) is 0 Å². The molecule has 0 amide bonds. The summed E-state index contributed by atoms with van der Waals surface area (Å²) in [6.45, 7) is 0. The lowest BCUT2D eigenvalue weighted by Crippen LogP contribution is -2.36. The summed E-state index contributed by atoms with van der Waals surface area (Å²) in [6, 6.07) is 67.9.